The third-order valence-electron chi connectivity index (χ3n) is 3.51. The number of ether oxygens (including phenoxy) is 1. The van der Waals surface area contributed by atoms with E-state index in [9.17, 15) is 8.42 Å². The molecule has 3 rings (SSSR count). The Morgan fingerprint density at radius 2 is 1.38 bits per heavy atom. The van der Waals surface area contributed by atoms with Crippen molar-refractivity contribution in [1.29, 1.82) is 0 Å². The summed E-state index contributed by atoms with van der Waals surface area (Å²) >= 11 is 11.9. The van der Waals surface area contributed by atoms with E-state index in [1.807, 2.05) is 6.92 Å². The first-order chi connectivity index (χ1) is 12.3. The van der Waals surface area contributed by atoms with E-state index in [1.54, 1.807) is 66.7 Å². The molecule has 26 heavy (non-hydrogen) atoms. The van der Waals surface area contributed by atoms with Crippen molar-refractivity contribution in [2.24, 2.45) is 0 Å². The topological polar surface area (TPSA) is 55.4 Å². The number of halogens is 2. The maximum atomic E-state index is 12.4. The summed E-state index contributed by atoms with van der Waals surface area (Å²) in [5.74, 6) is 1.03. The minimum absolute atomic E-state index is 0.206. The second-order valence-corrected chi connectivity index (χ2v) is 8.21. The molecule has 0 saturated heterocycles. The third-order valence-corrected chi connectivity index (χ3v) is 5.34. The average molecular weight is 408 g/mol. The predicted molar refractivity (Wildman–Crippen MR) is 105 cm³/mol. The quantitative estimate of drug-likeness (QED) is 0.572. The van der Waals surface area contributed by atoms with E-state index in [-0.39, 0.29) is 4.90 Å². The number of benzene rings is 3. The highest BCUT2D eigenvalue weighted by Crippen LogP contribution is 2.29. The molecule has 0 amide bonds. The van der Waals surface area contributed by atoms with Gasteiger partial charge in [0.15, 0.2) is 0 Å². The molecule has 3 aromatic carbocycles. The summed E-state index contributed by atoms with van der Waals surface area (Å²) in [5, 5.41) is 0.935. The summed E-state index contributed by atoms with van der Waals surface area (Å²) in [5.41, 5.74) is 1.42. The van der Waals surface area contributed by atoms with Crippen molar-refractivity contribution in [3.05, 3.63) is 82.3 Å². The number of rotatable bonds is 5. The van der Waals surface area contributed by atoms with Crippen LogP contribution in [-0.2, 0) is 10.0 Å². The van der Waals surface area contributed by atoms with Crippen LogP contribution in [0.2, 0.25) is 10.0 Å². The molecule has 3 aromatic rings. The van der Waals surface area contributed by atoms with Gasteiger partial charge in [-0.3, -0.25) is 4.72 Å². The highest BCUT2D eigenvalue weighted by atomic mass is 35.5. The molecule has 0 aliphatic heterocycles. The molecule has 0 aromatic heterocycles. The average Bonchev–Trinajstić information content (AvgIpc) is 2.56. The van der Waals surface area contributed by atoms with Crippen molar-refractivity contribution in [2.75, 3.05) is 4.72 Å². The number of sulfonamides is 1. The molecule has 0 atom stereocenters. The Morgan fingerprint density at radius 1 is 0.808 bits per heavy atom. The first-order valence-corrected chi connectivity index (χ1v) is 9.89. The molecule has 0 aliphatic rings. The van der Waals surface area contributed by atoms with E-state index in [1.165, 1.54) is 0 Å². The molecule has 0 radical (unpaired) electrons. The lowest BCUT2D eigenvalue weighted by atomic mass is 10.2. The van der Waals surface area contributed by atoms with E-state index in [0.717, 1.165) is 5.56 Å². The van der Waals surface area contributed by atoms with Crippen molar-refractivity contribution >= 4 is 38.9 Å². The maximum Gasteiger partial charge on any atom is 0.261 e. The van der Waals surface area contributed by atoms with Gasteiger partial charge in [-0.25, -0.2) is 8.42 Å². The van der Waals surface area contributed by atoms with Crippen LogP contribution in [0.5, 0.6) is 11.5 Å². The molecule has 0 aliphatic carbocycles. The molecular weight excluding hydrogens is 393 g/mol. The molecule has 4 nitrogen and oxygen atoms in total. The Hall–Kier alpha value is -2.21. The smallest absolute Gasteiger partial charge is 0.261 e. The highest BCUT2D eigenvalue weighted by molar-refractivity contribution is 7.92. The van der Waals surface area contributed by atoms with Crippen molar-refractivity contribution in [1.82, 2.24) is 0 Å². The van der Waals surface area contributed by atoms with Crippen LogP contribution in [0.15, 0.2) is 71.6 Å². The lowest BCUT2D eigenvalue weighted by Crippen LogP contribution is -2.12. The summed E-state index contributed by atoms with van der Waals surface area (Å²) in [6.07, 6.45) is 0. The Balaban J connectivity index is 1.74. The second kappa shape index (κ2) is 7.58. The molecule has 0 fully saturated rings. The zero-order chi connectivity index (χ0) is 18.7. The van der Waals surface area contributed by atoms with E-state index < -0.39 is 10.0 Å². The fourth-order valence-electron chi connectivity index (χ4n) is 2.25. The van der Waals surface area contributed by atoms with Gasteiger partial charge in [-0.1, -0.05) is 40.9 Å². The highest BCUT2D eigenvalue weighted by Gasteiger charge is 2.13. The van der Waals surface area contributed by atoms with Crippen LogP contribution < -0.4 is 9.46 Å². The standard InChI is InChI=1S/C19H15Cl2NO3S/c1-13-2-8-19(9-3-13)26(23,24)22-16-4-6-17(7-5-16)25-18-11-14(20)10-15(21)12-18/h2-12,22H,1H3. The molecular formula is C19H15Cl2NO3S. The van der Waals surface area contributed by atoms with Gasteiger partial charge in [0, 0.05) is 15.7 Å². The number of hydrogen-bond donors (Lipinski definition) is 1. The molecule has 0 unspecified atom stereocenters. The molecule has 134 valence electrons. The van der Waals surface area contributed by atoms with Gasteiger partial charge in [0.1, 0.15) is 11.5 Å². The van der Waals surface area contributed by atoms with Gasteiger partial charge >= 0.3 is 0 Å². The first kappa shape index (κ1) is 18.6. The summed E-state index contributed by atoms with van der Waals surface area (Å²) < 4.78 is 33.0. The summed E-state index contributed by atoms with van der Waals surface area (Å²) in [6.45, 7) is 1.90. The summed E-state index contributed by atoms with van der Waals surface area (Å²) in [6, 6.07) is 18.1. The molecule has 0 bridgehead atoms. The van der Waals surface area contributed by atoms with Crippen LogP contribution >= 0.6 is 23.2 Å². The Kier molecular flexibility index (Phi) is 5.41. The Bertz CT molecular complexity index is 997. The van der Waals surface area contributed by atoms with Crippen molar-refractivity contribution in [2.45, 2.75) is 11.8 Å². The van der Waals surface area contributed by atoms with E-state index in [4.69, 9.17) is 27.9 Å². The lowest BCUT2D eigenvalue weighted by molar-refractivity contribution is 0.483. The first-order valence-electron chi connectivity index (χ1n) is 7.65. The van der Waals surface area contributed by atoms with Crippen molar-refractivity contribution < 1.29 is 13.2 Å². The number of anilines is 1. The van der Waals surface area contributed by atoms with Gasteiger partial charge in [-0.2, -0.15) is 0 Å². The van der Waals surface area contributed by atoms with Crippen LogP contribution in [0, 0.1) is 6.92 Å². The third kappa shape index (κ3) is 4.69. The minimum atomic E-state index is -3.64. The molecule has 0 spiro atoms. The zero-order valence-electron chi connectivity index (χ0n) is 13.7. The van der Waals surface area contributed by atoms with Crippen LogP contribution in [0.1, 0.15) is 5.56 Å². The predicted octanol–water partition coefficient (Wildman–Crippen LogP) is 5.89. The second-order valence-electron chi connectivity index (χ2n) is 5.65. The van der Waals surface area contributed by atoms with Crippen molar-refractivity contribution in [3.63, 3.8) is 0 Å². The van der Waals surface area contributed by atoms with E-state index >= 15 is 0 Å². The summed E-state index contributed by atoms with van der Waals surface area (Å²) in [7, 11) is -3.64. The SMILES string of the molecule is Cc1ccc(S(=O)(=O)Nc2ccc(Oc3cc(Cl)cc(Cl)c3)cc2)cc1. The Labute approximate surface area is 162 Å². The van der Waals surface area contributed by atoms with Gasteiger partial charge in [0.25, 0.3) is 10.0 Å². The van der Waals surface area contributed by atoms with Crippen LogP contribution in [-0.4, -0.2) is 8.42 Å². The molecule has 0 saturated carbocycles. The van der Waals surface area contributed by atoms with Gasteiger partial charge in [0.2, 0.25) is 0 Å². The molecule has 1 N–H and O–H groups in total. The van der Waals surface area contributed by atoms with Crippen LogP contribution in [0.3, 0.4) is 0 Å². The van der Waals surface area contributed by atoms with Gasteiger partial charge in [-0.15, -0.1) is 0 Å². The van der Waals surface area contributed by atoms with E-state index in [0.29, 0.717) is 27.2 Å². The number of aryl methyl sites for hydroxylation is 1. The fourth-order valence-corrected chi connectivity index (χ4v) is 3.81. The fraction of sp³-hybridized carbons (Fsp3) is 0.0526. The molecule has 0 heterocycles. The largest absolute Gasteiger partial charge is 0.457 e. The van der Waals surface area contributed by atoms with Gasteiger partial charge < -0.3 is 4.74 Å². The molecule has 7 heteroatoms. The maximum absolute atomic E-state index is 12.4. The minimum Gasteiger partial charge on any atom is -0.457 e. The monoisotopic (exact) mass is 407 g/mol. The zero-order valence-corrected chi connectivity index (χ0v) is 16.1. The number of hydrogen-bond acceptors (Lipinski definition) is 3. The summed E-state index contributed by atoms with van der Waals surface area (Å²) in [4.78, 5) is 0.206. The van der Waals surface area contributed by atoms with Crippen molar-refractivity contribution in [3.8, 4) is 11.5 Å². The van der Waals surface area contributed by atoms with Crippen LogP contribution in [0.4, 0.5) is 5.69 Å². The lowest BCUT2D eigenvalue weighted by Gasteiger charge is -2.10. The van der Waals surface area contributed by atoms with Gasteiger partial charge in [0.05, 0.1) is 4.90 Å². The number of nitrogens with one attached hydrogen (secondary N) is 1. The van der Waals surface area contributed by atoms with E-state index in [2.05, 4.69) is 4.72 Å². The van der Waals surface area contributed by atoms with Crippen LogP contribution in [0.25, 0.3) is 0 Å². The van der Waals surface area contributed by atoms with Gasteiger partial charge in [-0.05, 0) is 61.5 Å². The normalized spacial score (nSPS) is 11.2. The Morgan fingerprint density at radius 3 is 1.96 bits per heavy atom.